The fraction of sp³-hybridized carbons (Fsp3) is 0.462. The van der Waals surface area contributed by atoms with Crippen LogP contribution >= 0.6 is 11.6 Å². The Labute approximate surface area is 129 Å². The number of hydrogen-bond donors (Lipinski definition) is 2. The first-order valence-corrected chi connectivity index (χ1v) is 8.06. The Kier molecular flexibility index (Phi) is 5.38. The van der Waals surface area contributed by atoms with E-state index in [4.69, 9.17) is 21.5 Å². The van der Waals surface area contributed by atoms with Crippen LogP contribution < -0.4 is 10.5 Å². The van der Waals surface area contributed by atoms with E-state index in [1.807, 2.05) is 13.8 Å². The van der Waals surface area contributed by atoms with Gasteiger partial charge in [-0.1, -0.05) is 11.6 Å². The molecular weight excluding hydrogens is 316 g/mol. The topological polar surface area (TPSA) is 98.5 Å². The predicted octanol–water partition coefficient (Wildman–Crippen LogP) is 1.45. The molecule has 0 fully saturated rings. The largest absolute Gasteiger partial charge is 0.377 e. The second kappa shape index (κ2) is 6.31. The van der Waals surface area contributed by atoms with Gasteiger partial charge in [0.05, 0.1) is 10.6 Å². The molecule has 0 radical (unpaired) electrons. The van der Waals surface area contributed by atoms with Crippen molar-refractivity contribution in [1.29, 1.82) is 0 Å². The molecule has 1 aromatic rings. The Hall–Kier alpha value is -1.15. The molecule has 0 aliphatic heterocycles. The van der Waals surface area contributed by atoms with Crippen molar-refractivity contribution in [2.24, 2.45) is 5.14 Å². The number of primary sulfonamides is 1. The standard InChI is InChI=1S/C13H19ClN2O4S/c1-8-5-9(6-10(11(8)14)21(15,18)19)12(17)16-7-13(2,3)20-4/h5-6H,7H2,1-4H3,(H,16,17)(H2,15,18,19). The number of benzene rings is 1. The minimum atomic E-state index is -4.00. The Morgan fingerprint density at radius 1 is 1.43 bits per heavy atom. The molecule has 21 heavy (non-hydrogen) atoms. The van der Waals surface area contributed by atoms with Gasteiger partial charge >= 0.3 is 0 Å². The molecule has 1 aromatic carbocycles. The average Bonchev–Trinajstić information content (AvgIpc) is 2.37. The van der Waals surface area contributed by atoms with Crippen LogP contribution in [0.4, 0.5) is 0 Å². The molecule has 0 atom stereocenters. The number of amides is 1. The third kappa shape index (κ3) is 4.67. The van der Waals surface area contributed by atoms with E-state index >= 15 is 0 Å². The second-order valence-electron chi connectivity index (χ2n) is 5.30. The molecule has 3 N–H and O–H groups in total. The van der Waals surface area contributed by atoms with E-state index in [2.05, 4.69) is 5.32 Å². The monoisotopic (exact) mass is 334 g/mol. The highest BCUT2D eigenvalue weighted by molar-refractivity contribution is 7.89. The van der Waals surface area contributed by atoms with Crippen molar-refractivity contribution in [3.05, 3.63) is 28.3 Å². The smallest absolute Gasteiger partial charge is 0.251 e. The van der Waals surface area contributed by atoms with Crippen LogP contribution in [0.1, 0.15) is 29.8 Å². The Bertz CT molecular complexity index is 656. The van der Waals surface area contributed by atoms with E-state index in [1.54, 1.807) is 6.92 Å². The molecular formula is C13H19ClN2O4S. The van der Waals surface area contributed by atoms with E-state index in [-0.39, 0.29) is 22.0 Å². The summed E-state index contributed by atoms with van der Waals surface area (Å²) in [5, 5.41) is 7.79. The number of nitrogens with one attached hydrogen (secondary N) is 1. The number of aryl methyl sites for hydroxylation is 1. The molecule has 118 valence electrons. The fourth-order valence-electron chi connectivity index (χ4n) is 1.54. The van der Waals surface area contributed by atoms with Crippen molar-refractivity contribution in [3.8, 4) is 0 Å². The number of rotatable bonds is 5. The quantitative estimate of drug-likeness (QED) is 0.851. The number of ether oxygens (including phenoxy) is 1. The van der Waals surface area contributed by atoms with Gasteiger partial charge in [0.15, 0.2) is 0 Å². The van der Waals surface area contributed by atoms with Crippen molar-refractivity contribution in [2.75, 3.05) is 13.7 Å². The van der Waals surface area contributed by atoms with Crippen molar-refractivity contribution >= 4 is 27.5 Å². The molecule has 0 bridgehead atoms. The van der Waals surface area contributed by atoms with Gasteiger partial charge in [-0.15, -0.1) is 0 Å². The van der Waals surface area contributed by atoms with Crippen molar-refractivity contribution in [1.82, 2.24) is 5.32 Å². The highest BCUT2D eigenvalue weighted by Crippen LogP contribution is 2.26. The summed E-state index contributed by atoms with van der Waals surface area (Å²) in [6.45, 7) is 5.51. The summed E-state index contributed by atoms with van der Waals surface area (Å²) in [5.41, 5.74) is 0.104. The normalized spacial score (nSPS) is 12.3. The molecule has 0 saturated heterocycles. The van der Waals surface area contributed by atoms with Gasteiger partial charge in [0.2, 0.25) is 10.0 Å². The molecule has 0 aliphatic carbocycles. The van der Waals surface area contributed by atoms with Crippen LogP contribution in [0.5, 0.6) is 0 Å². The number of hydrogen-bond acceptors (Lipinski definition) is 4. The molecule has 0 aliphatic rings. The zero-order valence-corrected chi connectivity index (χ0v) is 13.9. The van der Waals surface area contributed by atoms with E-state index in [9.17, 15) is 13.2 Å². The van der Waals surface area contributed by atoms with Gasteiger partial charge in [0, 0.05) is 19.2 Å². The highest BCUT2D eigenvalue weighted by Gasteiger charge is 2.21. The molecule has 0 unspecified atom stereocenters. The molecule has 0 aromatic heterocycles. The first kappa shape index (κ1) is 17.9. The zero-order valence-electron chi connectivity index (χ0n) is 12.4. The third-order valence-corrected chi connectivity index (χ3v) is 4.57. The summed E-state index contributed by atoms with van der Waals surface area (Å²) in [5.74, 6) is -0.426. The molecule has 1 rings (SSSR count). The average molecular weight is 335 g/mol. The summed E-state index contributed by atoms with van der Waals surface area (Å²) < 4.78 is 28.2. The SMILES string of the molecule is COC(C)(C)CNC(=O)c1cc(C)c(Cl)c(S(N)(=O)=O)c1. The van der Waals surface area contributed by atoms with Gasteiger partial charge in [-0.3, -0.25) is 4.79 Å². The first-order chi connectivity index (χ1) is 9.48. The van der Waals surface area contributed by atoms with Gasteiger partial charge in [-0.25, -0.2) is 13.6 Å². The number of methoxy groups -OCH3 is 1. The van der Waals surface area contributed by atoms with Crippen LogP contribution in [-0.4, -0.2) is 33.6 Å². The first-order valence-electron chi connectivity index (χ1n) is 6.14. The number of carbonyl (C=O) groups excluding carboxylic acids is 1. The van der Waals surface area contributed by atoms with Crippen LogP contribution in [0.3, 0.4) is 0 Å². The molecule has 0 spiro atoms. The van der Waals surface area contributed by atoms with Gasteiger partial charge in [-0.05, 0) is 38.5 Å². The maximum Gasteiger partial charge on any atom is 0.251 e. The Morgan fingerprint density at radius 2 is 2.00 bits per heavy atom. The van der Waals surface area contributed by atoms with Crippen LogP contribution in [0.2, 0.25) is 5.02 Å². The number of nitrogens with two attached hydrogens (primary N) is 1. The Balaban J connectivity index is 3.10. The minimum absolute atomic E-state index is 0.0197. The number of carbonyl (C=O) groups is 1. The molecule has 8 heteroatoms. The molecule has 1 amide bonds. The maximum absolute atomic E-state index is 12.1. The predicted molar refractivity (Wildman–Crippen MR) is 81.0 cm³/mol. The lowest BCUT2D eigenvalue weighted by Gasteiger charge is -2.23. The molecule has 0 heterocycles. The number of halogens is 1. The summed E-state index contributed by atoms with van der Waals surface area (Å²) in [7, 11) is -2.46. The summed E-state index contributed by atoms with van der Waals surface area (Å²) in [6, 6.07) is 2.67. The van der Waals surface area contributed by atoms with Gasteiger partial charge in [0.25, 0.3) is 5.91 Å². The highest BCUT2D eigenvalue weighted by atomic mass is 35.5. The van der Waals surface area contributed by atoms with Gasteiger partial charge < -0.3 is 10.1 Å². The second-order valence-corrected chi connectivity index (χ2v) is 7.20. The van der Waals surface area contributed by atoms with Crippen LogP contribution in [-0.2, 0) is 14.8 Å². The lowest BCUT2D eigenvalue weighted by molar-refractivity contribution is 0.0228. The maximum atomic E-state index is 12.1. The summed E-state index contributed by atoms with van der Waals surface area (Å²) in [4.78, 5) is 11.8. The van der Waals surface area contributed by atoms with Crippen LogP contribution in [0, 0.1) is 6.92 Å². The summed E-state index contributed by atoms with van der Waals surface area (Å²) in [6.07, 6.45) is 0. The number of sulfonamides is 1. The van der Waals surface area contributed by atoms with E-state index < -0.39 is 21.5 Å². The third-order valence-electron chi connectivity index (χ3n) is 3.02. The van der Waals surface area contributed by atoms with Crippen LogP contribution in [0.25, 0.3) is 0 Å². The van der Waals surface area contributed by atoms with Crippen LogP contribution in [0.15, 0.2) is 17.0 Å². The fourth-order valence-corrected chi connectivity index (χ4v) is 2.68. The minimum Gasteiger partial charge on any atom is -0.377 e. The van der Waals surface area contributed by atoms with Crippen molar-refractivity contribution < 1.29 is 17.9 Å². The van der Waals surface area contributed by atoms with Crippen molar-refractivity contribution in [2.45, 2.75) is 31.3 Å². The van der Waals surface area contributed by atoms with Gasteiger partial charge in [-0.2, -0.15) is 0 Å². The Morgan fingerprint density at radius 3 is 2.48 bits per heavy atom. The summed E-state index contributed by atoms with van der Waals surface area (Å²) >= 11 is 5.92. The van der Waals surface area contributed by atoms with E-state index in [0.29, 0.717) is 5.56 Å². The lowest BCUT2D eigenvalue weighted by atomic mass is 10.1. The zero-order chi connectivity index (χ0) is 16.4. The molecule has 0 saturated carbocycles. The van der Waals surface area contributed by atoms with Gasteiger partial charge in [0.1, 0.15) is 4.90 Å². The van der Waals surface area contributed by atoms with E-state index in [0.717, 1.165) is 0 Å². The van der Waals surface area contributed by atoms with E-state index in [1.165, 1.54) is 19.2 Å². The lowest BCUT2D eigenvalue weighted by Crippen LogP contribution is -2.39. The molecule has 6 nitrogen and oxygen atoms in total. The van der Waals surface area contributed by atoms with Crippen molar-refractivity contribution in [3.63, 3.8) is 0 Å².